The van der Waals surface area contributed by atoms with Crippen molar-refractivity contribution >= 4 is 17.6 Å². The van der Waals surface area contributed by atoms with Crippen LogP contribution in [-0.2, 0) is 0 Å². The zero-order chi connectivity index (χ0) is 14.2. The highest BCUT2D eigenvalue weighted by Gasteiger charge is 2.24. The third kappa shape index (κ3) is 2.42. The number of aliphatic hydroxyl groups excluding tert-OH is 1. The maximum absolute atomic E-state index is 13.1. The Balaban J connectivity index is 2.50. The fraction of sp³-hybridized carbons (Fsp3) is 0.0909. The number of aliphatic hydroxyl groups is 1. The van der Waals surface area contributed by atoms with Gasteiger partial charge in [0.15, 0.2) is 17.3 Å². The van der Waals surface area contributed by atoms with Crippen molar-refractivity contribution in [2.45, 2.75) is 6.10 Å². The van der Waals surface area contributed by atoms with E-state index in [1.54, 1.807) is 0 Å². The molecule has 1 aromatic carbocycles. The van der Waals surface area contributed by atoms with Gasteiger partial charge < -0.3 is 15.2 Å². The molecule has 1 aromatic heterocycles. The van der Waals surface area contributed by atoms with Crippen molar-refractivity contribution in [1.82, 2.24) is 9.97 Å². The number of carboxylic acid groups (broad SMARTS) is 1. The molecule has 8 heteroatoms. The normalized spacial score (nSPS) is 12.4. The van der Waals surface area contributed by atoms with Crippen LogP contribution in [0.2, 0.25) is 5.02 Å². The van der Waals surface area contributed by atoms with Crippen LogP contribution in [-0.4, -0.2) is 26.2 Å². The van der Waals surface area contributed by atoms with E-state index >= 15 is 0 Å². The van der Waals surface area contributed by atoms with Crippen LogP contribution in [0.5, 0.6) is 0 Å². The highest BCUT2D eigenvalue weighted by atomic mass is 35.5. The molecule has 0 aliphatic heterocycles. The average molecular weight is 289 g/mol. The molecule has 19 heavy (non-hydrogen) atoms. The minimum Gasteiger partial charge on any atom is -0.476 e. The summed E-state index contributed by atoms with van der Waals surface area (Å²) < 4.78 is 26.1. The molecule has 100 valence electrons. The van der Waals surface area contributed by atoms with Gasteiger partial charge in [-0.05, 0) is 12.1 Å². The number of imidazole rings is 1. The molecule has 0 saturated carbocycles. The number of benzene rings is 1. The second kappa shape index (κ2) is 4.94. The molecule has 0 amide bonds. The number of carbonyl (C=O) groups is 1. The second-order valence-electron chi connectivity index (χ2n) is 3.66. The van der Waals surface area contributed by atoms with E-state index in [9.17, 15) is 18.7 Å². The van der Waals surface area contributed by atoms with Gasteiger partial charge >= 0.3 is 5.97 Å². The number of halogens is 3. The highest BCUT2D eigenvalue weighted by molar-refractivity contribution is 6.31. The van der Waals surface area contributed by atoms with E-state index in [0.29, 0.717) is 12.1 Å². The lowest BCUT2D eigenvalue weighted by atomic mass is 10.0. The number of rotatable bonds is 3. The third-order valence-corrected chi connectivity index (χ3v) is 2.81. The van der Waals surface area contributed by atoms with Gasteiger partial charge in [0.2, 0.25) is 0 Å². The van der Waals surface area contributed by atoms with Crippen LogP contribution in [0.1, 0.15) is 27.8 Å². The van der Waals surface area contributed by atoms with Crippen molar-refractivity contribution in [3.8, 4) is 0 Å². The molecular weight excluding hydrogens is 282 g/mol. The van der Waals surface area contributed by atoms with E-state index in [2.05, 4.69) is 9.97 Å². The maximum atomic E-state index is 13.1. The molecule has 0 saturated heterocycles. The predicted molar refractivity (Wildman–Crippen MR) is 61.0 cm³/mol. The van der Waals surface area contributed by atoms with Crippen molar-refractivity contribution in [3.05, 3.63) is 52.1 Å². The van der Waals surface area contributed by atoms with Crippen LogP contribution in [0.3, 0.4) is 0 Å². The van der Waals surface area contributed by atoms with E-state index in [1.165, 1.54) is 0 Å². The SMILES string of the molecule is O=C(O)c1nc[nH]c1C(O)c1cc(F)c(F)cc1Cl. The van der Waals surface area contributed by atoms with Gasteiger partial charge in [0.05, 0.1) is 12.0 Å². The predicted octanol–water partition coefficient (Wildman–Crippen LogP) is 2.12. The Labute approximate surface area is 110 Å². The van der Waals surface area contributed by atoms with Crippen molar-refractivity contribution in [2.75, 3.05) is 0 Å². The van der Waals surface area contributed by atoms with Gasteiger partial charge in [0.25, 0.3) is 0 Å². The zero-order valence-corrected chi connectivity index (χ0v) is 9.95. The van der Waals surface area contributed by atoms with E-state index in [4.69, 9.17) is 16.7 Å². The summed E-state index contributed by atoms with van der Waals surface area (Å²) in [6.45, 7) is 0. The van der Waals surface area contributed by atoms with E-state index in [1.807, 2.05) is 0 Å². The number of aromatic amines is 1. The van der Waals surface area contributed by atoms with Gasteiger partial charge in [-0.25, -0.2) is 18.6 Å². The Hall–Kier alpha value is -1.99. The van der Waals surface area contributed by atoms with Gasteiger partial charge in [0, 0.05) is 10.6 Å². The maximum Gasteiger partial charge on any atom is 0.356 e. The van der Waals surface area contributed by atoms with Crippen molar-refractivity contribution in [1.29, 1.82) is 0 Å². The summed E-state index contributed by atoms with van der Waals surface area (Å²) in [6.07, 6.45) is -0.494. The molecule has 0 aliphatic carbocycles. The topological polar surface area (TPSA) is 86.2 Å². The molecule has 0 radical (unpaired) electrons. The Bertz CT molecular complexity index is 645. The molecule has 2 aromatic rings. The van der Waals surface area contributed by atoms with Crippen LogP contribution in [0.4, 0.5) is 8.78 Å². The molecule has 0 bridgehead atoms. The van der Waals surface area contributed by atoms with Gasteiger partial charge in [-0.15, -0.1) is 0 Å². The summed E-state index contributed by atoms with van der Waals surface area (Å²) in [4.78, 5) is 16.8. The Morgan fingerprint density at radius 1 is 1.37 bits per heavy atom. The monoisotopic (exact) mass is 288 g/mol. The first-order valence-corrected chi connectivity index (χ1v) is 5.38. The molecule has 1 unspecified atom stereocenters. The minimum atomic E-state index is -1.56. The lowest BCUT2D eigenvalue weighted by Crippen LogP contribution is -2.09. The summed E-state index contributed by atoms with van der Waals surface area (Å²) in [5, 5.41) is 18.6. The first kappa shape index (κ1) is 13.4. The molecule has 1 heterocycles. The lowest BCUT2D eigenvalue weighted by Gasteiger charge is -2.12. The van der Waals surface area contributed by atoms with E-state index in [0.717, 1.165) is 6.33 Å². The molecule has 0 aliphatic rings. The molecule has 2 rings (SSSR count). The number of nitrogens with one attached hydrogen (secondary N) is 1. The lowest BCUT2D eigenvalue weighted by molar-refractivity contribution is 0.0685. The van der Waals surface area contributed by atoms with Gasteiger partial charge in [-0.1, -0.05) is 11.6 Å². The molecule has 5 nitrogen and oxygen atoms in total. The summed E-state index contributed by atoms with van der Waals surface area (Å²) >= 11 is 5.70. The van der Waals surface area contributed by atoms with Crippen LogP contribution in [0.15, 0.2) is 18.5 Å². The second-order valence-corrected chi connectivity index (χ2v) is 4.07. The number of H-pyrrole nitrogens is 1. The van der Waals surface area contributed by atoms with Crippen LogP contribution < -0.4 is 0 Å². The van der Waals surface area contributed by atoms with Crippen molar-refractivity contribution < 1.29 is 23.8 Å². The summed E-state index contributed by atoms with van der Waals surface area (Å²) in [5.41, 5.74) is -0.749. The van der Waals surface area contributed by atoms with Gasteiger partial charge in [-0.2, -0.15) is 0 Å². The first-order chi connectivity index (χ1) is 8.91. The molecule has 0 spiro atoms. The number of hydrogen-bond acceptors (Lipinski definition) is 3. The molecule has 0 fully saturated rings. The smallest absolute Gasteiger partial charge is 0.356 e. The Morgan fingerprint density at radius 3 is 2.63 bits per heavy atom. The summed E-state index contributed by atoms with van der Waals surface area (Å²) in [5.74, 6) is -3.73. The highest BCUT2D eigenvalue weighted by Crippen LogP contribution is 2.30. The van der Waals surface area contributed by atoms with Crippen LogP contribution in [0.25, 0.3) is 0 Å². The van der Waals surface area contributed by atoms with Gasteiger partial charge in [0.1, 0.15) is 6.10 Å². The van der Waals surface area contributed by atoms with Crippen molar-refractivity contribution in [3.63, 3.8) is 0 Å². The first-order valence-electron chi connectivity index (χ1n) is 5.01. The number of nitrogens with zero attached hydrogens (tertiary/aromatic N) is 1. The number of hydrogen-bond donors (Lipinski definition) is 3. The number of aromatic carboxylic acids is 1. The fourth-order valence-corrected chi connectivity index (χ4v) is 1.84. The fourth-order valence-electron chi connectivity index (χ4n) is 1.59. The third-order valence-electron chi connectivity index (χ3n) is 2.48. The average Bonchev–Trinajstić information content (AvgIpc) is 2.82. The van der Waals surface area contributed by atoms with Crippen LogP contribution in [0, 0.1) is 11.6 Å². The standard InChI is InChI=1S/C11H7ClF2N2O3/c12-5-2-7(14)6(13)1-4(5)10(17)8-9(11(18)19)16-3-15-8/h1-3,10,17H,(H,15,16)(H,18,19). The number of aromatic nitrogens is 2. The molecular formula is C11H7ClF2N2O3. The van der Waals surface area contributed by atoms with Crippen molar-refractivity contribution in [2.24, 2.45) is 0 Å². The molecule has 3 N–H and O–H groups in total. The quantitative estimate of drug-likeness (QED) is 0.755. The zero-order valence-electron chi connectivity index (χ0n) is 9.19. The summed E-state index contributed by atoms with van der Waals surface area (Å²) in [6, 6.07) is 1.40. The Kier molecular flexibility index (Phi) is 3.50. The van der Waals surface area contributed by atoms with E-state index in [-0.39, 0.29) is 16.3 Å². The molecule has 1 atom stereocenters. The largest absolute Gasteiger partial charge is 0.476 e. The minimum absolute atomic E-state index is 0.160. The van der Waals surface area contributed by atoms with E-state index < -0.39 is 29.4 Å². The van der Waals surface area contributed by atoms with Crippen LogP contribution >= 0.6 is 11.6 Å². The van der Waals surface area contributed by atoms with Gasteiger partial charge in [-0.3, -0.25) is 0 Å². The Morgan fingerprint density at radius 2 is 2.00 bits per heavy atom. The number of carboxylic acids is 1. The summed E-state index contributed by atoms with van der Waals surface area (Å²) in [7, 11) is 0.